The molecule has 0 saturated heterocycles. The van der Waals surface area contributed by atoms with Crippen LogP contribution < -0.4 is 5.32 Å². The lowest BCUT2D eigenvalue weighted by atomic mass is 9.85. The molecule has 160 valence electrons. The Balaban J connectivity index is 2.14. The number of alkyl halides is 3. The summed E-state index contributed by atoms with van der Waals surface area (Å²) in [6, 6.07) is 3.23. The van der Waals surface area contributed by atoms with Crippen LogP contribution in [0.1, 0.15) is 63.9 Å². The van der Waals surface area contributed by atoms with Crippen molar-refractivity contribution in [3.8, 4) is 0 Å². The molecule has 0 aliphatic carbocycles. The number of hydrogen-bond acceptors (Lipinski definition) is 4. The number of carbonyl (C=O) groups is 1. The standard InChI is InChI=1S/C21H29F3N2O2Si/c1-12(2)29(13(3)4,14(5)6)28-20-9-10-25-19(20)26-17-8-7-15(21(22,23)24)11-16(17)18(20)27/h7-8,11-14H,9-10H2,1-6H3,(H,25,26). The number of halogens is 3. The summed E-state index contributed by atoms with van der Waals surface area (Å²) in [5, 5.41) is 3.11. The topological polar surface area (TPSA) is 50.7 Å². The van der Waals surface area contributed by atoms with Gasteiger partial charge in [-0.25, -0.2) is 0 Å². The summed E-state index contributed by atoms with van der Waals surface area (Å²) in [6.07, 6.45) is -4.16. The van der Waals surface area contributed by atoms with Crippen molar-refractivity contribution in [1.82, 2.24) is 0 Å². The van der Waals surface area contributed by atoms with E-state index in [0.29, 0.717) is 24.5 Å². The lowest BCUT2D eigenvalue weighted by molar-refractivity contribution is -0.137. The van der Waals surface area contributed by atoms with E-state index in [1.54, 1.807) is 0 Å². The molecule has 1 unspecified atom stereocenters. The van der Waals surface area contributed by atoms with Crippen LogP contribution in [0.25, 0.3) is 0 Å². The van der Waals surface area contributed by atoms with E-state index in [9.17, 15) is 18.0 Å². The molecular weight excluding hydrogens is 397 g/mol. The second kappa shape index (κ2) is 7.23. The fourth-order valence-electron chi connectivity index (χ4n) is 5.10. The molecule has 1 atom stereocenters. The summed E-state index contributed by atoms with van der Waals surface area (Å²) in [4.78, 5) is 18.1. The van der Waals surface area contributed by atoms with Gasteiger partial charge in [-0.1, -0.05) is 41.5 Å². The third-order valence-electron chi connectivity index (χ3n) is 6.39. The van der Waals surface area contributed by atoms with E-state index in [0.717, 1.165) is 12.1 Å². The Morgan fingerprint density at radius 1 is 1.10 bits per heavy atom. The van der Waals surface area contributed by atoms with Crippen LogP contribution in [-0.2, 0) is 10.6 Å². The lowest BCUT2D eigenvalue weighted by Gasteiger charge is -2.49. The molecule has 4 nitrogen and oxygen atoms in total. The summed E-state index contributed by atoms with van der Waals surface area (Å²) in [5.74, 6) is 0.0287. The lowest BCUT2D eigenvalue weighted by Crippen LogP contribution is -2.62. The van der Waals surface area contributed by atoms with Crippen molar-refractivity contribution < 1.29 is 22.4 Å². The van der Waals surface area contributed by atoms with Crippen LogP contribution in [0.2, 0.25) is 16.6 Å². The van der Waals surface area contributed by atoms with Crippen molar-refractivity contribution >= 4 is 25.6 Å². The zero-order valence-corrected chi connectivity index (χ0v) is 18.8. The Hall–Kier alpha value is -1.67. The number of hydrogen-bond donors (Lipinski definition) is 1. The van der Waals surface area contributed by atoms with Gasteiger partial charge < -0.3 is 9.74 Å². The van der Waals surface area contributed by atoms with Crippen LogP contribution in [0.4, 0.5) is 18.9 Å². The number of carbonyl (C=O) groups excluding carboxylic acids is 1. The van der Waals surface area contributed by atoms with Crippen LogP contribution in [0, 0.1) is 0 Å². The number of rotatable bonds is 5. The first kappa shape index (κ1) is 22.0. The zero-order valence-electron chi connectivity index (χ0n) is 17.8. The van der Waals surface area contributed by atoms with Crippen molar-refractivity contribution in [2.75, 3.05) is 11.9 Å². The number of benzene rings is 1. The van der Waals surface area contributed by atoms with Gasteiger partial charge in [0.25, 0.3) is 0 Å². The van der Waals surface area contributed by atoms with Crippen molar-refractivity contribution in [1.29, 1.82) is 0 Å². The first-order chi connectivity index (χ1) is 13.4. The van der Waals surface area contributed by atoms with E-state index in [1.165, 1.54) is 6.07 Å². The maximum atomic E-state index is 13.7. The third kappa shape index (κ3) is 3.34. The quantitative estimate of drug-likeness (QED) is 0.584. The van der Waals surface area contributed by atoms with Gasteiger partial charge in [-0.3, -0.25) is 9.79 Å². The van der Waals surface area contributed by atoms with Crippen molar-refractivity contribution in [3.63, 3.8) is 0 Å². The predicted molar refractivity (Wildman–Crippen MR) is 111 cm³/mol. The maximum Gasteiger partial charge on any atom is 0.416 e. The third-order valence-corrected chi connectivity index (χ3v) is 12.5. The van der Waals surface area contributed by atoms with Crippen LogP contribution in [0.5, 0.6) is 0 Å². The highest BCUT2D eigenvalue weighted by Crippen LogP contribution is 2.49. The van der Waals surface area contributed by atoms with Crippen molar-refractivity contribution in [2.45, 2.75) is 76.4 Å². The molecule has 1 aromatic carbocycles. The van der Waals surface area contributed by atoms with Crippen LogP contribution in [0.3, 0.4) is 0 Å². The Morgan fingerprint density at radius 3 is 2.21 bits per heavy atom. The number of ketones is 1. The average Bonchev–Trinajstić information content (AvgIpc) is 3.01. The second-order valence-corrected chi connectivity index (χ2v) is 14.3. The summed E-state index contributed by atoms with van der Waals surface area (Å²) in [7, 11) is -2.49. The number of aliphatic imine (C=N–C) groups is 1. The molecule has 0 bridgehead atoms. The largest absolute Gasteiger partial charge is 0.416 e. The summed E-state index contributed by atoms with van der Waals surface area (Å²) in [5.41, 5.74) is -1.07. The van der Waals surface area contributed by atoms with E-state index in [2.05, 4.69) is 51.9 Å². The molecular formula is C21H29F3N2O2Si. The molecule has 0 saturated carbocycles. The van der Waals surface area contributed by atoms with E-state index >= 15 is 0 Å². The molecule has 0 spiro atoms. The van der Waals surface area contributed by atoms with Gasteiger partial charge in [-0.05, 0) is 34.8 Å². The molecule has 1 aromatic rings. The molecule has 0 amide bonds. The minimum atomic E-state index is -4.51. The second-order valence-electron chi connectivity index (χ2n) is 8.94. The highest BCUT2D eigenvalue weighted by molar-refractivity contribution is 6.78. The fourth-order valence-corrected chi connectivity index (χ4v) is 10.7. The number of Topliss-reactive ketones (excluding diaryl/α,β-unsaturated/α-hetero) is 1. The maximum absolute atomic E-state index is 13.7. The molecule has 2 aliphatic heterocycles. The normalized spacial score (nSPS) is 22.1. The average molecular weight is 427 g/mol. The minimum absolute atomic E-state index is 0.0276. The van der Waals surface area contributed by atoms with Crippen molar-refractivity contribution in [2.24, 2.45) is 4.99 Å². The van der Waals surface area contributed by atoms with Crippen LogP contribution >= 0.6 is 0 Å². The summed E-state index contributed by atoms with van der Waals surface area (Å²) in [6.45, 7) is 13.1. The van der Waals surface area contributed by atoms with E-state index in [4.69, 9.17) is 4.43 Å². The fraction of sp³-hybridized carbons (Fsp3) is 0.619. The SMILES string of the molecule is CC(C)[Si](OC12CCN=C1Nc1ccc(C(F)(F)F)cc1C2=O)(C(C)C)C(C)C. The van der Waals surface area contributed by atoms with Gasteiger partial charge in [0.2, 0.25) is 14.1 Å². The minimum Gasteiger partial charge on any atom is -0.397 e. The van der Waals surface area contributed by atoms with E-state index in [-0.39, 0.29) is 22.2 Å². The van der Waals surface area contributed by atoms with Gasteiger partial charge in [0, 0.05) is 18.5 Å². The van der Waals surface area contributed by atoms with Gasteiger partial charge in [0.05, 0.1) is 11.3 Å². The number of amidine groups is 1. The smallest absolute Gasteiger partial charge is 0.397 e. The Morgan fingerprint density at radius 2 is 1.69 bits per heavy atom. The molecule has 0 fully saturated rings. The van der Waals surface area contributed by atoms with Gasteiger partial charge in [-0.15, -0.1) is 0 Å². The number of fused-ring (bicyclic) bond motifs is 2. The molecule has 0 radical (unpaired) electrons. The Bertz CT molecular complexity index is 827. The molecule has 0 aromatic heterocycles. The summed E-state index contributed by atoms with van der Waals surface area (Å²) >= 11 is 0. The summed E-state index contributed by atoms with van der Waals surface area (Å²) < 4.78 is 46.7. The van der Waals surface area contributed by atoms with E-state index in [1.807, 2.05) is 0 Å². The first-order valence-electron chi connectivity index (χ1n) is 10.1. The molecule has 2 heterocycles. The highest BCUT2D eigenvalue weighted by atomic mass is 28.4. The first-order valence-corrected chi connectivity index (χ1v) is 12.3. The van der Waals surface area contributed by atoms with Gasteiger partial charge in [-0.2, -0.15) is 13.2 Å². The molecule has 1 N–H and O–H groups in total. The molecule has 8 heteroatoms. The van der Waals surface area contributed by atoms with E-state index < -0.39 is 31.4 Å². The van der Waals surface area contributed by atoms with Crippen LogP contribution in [-0.4, -0.2) is 32.1 Å². The number of nitrogens with zero attached hydrogens (tertiary/aromatic N) is 1. The van der Waals surface area contributed by atoms with Gasteiger partial charge >= 0.3 is 6.18 Å². The Kier molecular flexibility index (Phi) is 5.49. The van der Waals surface area contributed by atoms with Crippen LogP contribution in [0.15, 0.2) is 23.2 Å². The molecule has 2 aliphatic rings. The molecule has 29 heavy (non-hydrogen) atoms. The monoisotopic (exact) mass is 426 g/mol. The number of anilines is 1. The van der Waals surface area contributed by atoms with Gasteiger partial charge in [0.1, 0.15) is 5.84 Å². The zero-order chi connectivity index (χ0) is 21.8. The van der Waals surface area contributed by atoms with Gasteiger partial charge in [0.15, 0.2) is 5.60 Å². The Labute approximate surface area is 171 Å². The van der Waals surface area contributed by atoms with Crippen molar-refractivity contribution in [3.05, 3.63) is 29.3 Å². The highest BCUT2D eigenvalue weighted by Gasteiger charge is 2.58. The number of nitrogens with one attached hydrogen (secondary N) is 1. The molecule has 3 rings (SSSR count). The predicted octanol–water partition coefficient (Wildman–Crippen LogP) is 6.05.